The third-order valence-electron chi connectivity index (χ3n) is 1.67. The van der Waals surface area contributed by atoms with Crippen LogP contribution in [0.1, 0.15) is 13.3 Å². The molecule has 0 heterocycles. The van der Waals surface area contributed by atoms with Gasteiger partial charge < -0.3 is 5.32 Å². The molecule has 0 aliphatic rings. The summed E-state index contributed by atoms with van der Waals surface area (Å²) in [5.74, 6) is 1.02. The van der Waals surface area contributed by atoms with Gasteiger partial charge in [-0.1, -0.05) is 25.1 Å². The number of nitrogens with zero attached hydrogens (tertiary/aromatic N) is 1. The molecule has 1 aromatic carbocycles. The van der Waals surface area contributed by atoms with Crippen molar-refractivity contribution in [2.24, 2.45) is 4.99 Å². The molecular formula is C10H14N2. The van der Waals surface area contributed by atoms with Gasteiger partial charge in [-0.2, -0.15) is 0 Å². The fraction of sp³-hybridized carbons (Fsp3) is 0.300. The van der Waals surface area contributed by atoms with Crippen LogP contribution in [-0.4, -0.2) is 12.9 Å². The largest absolute Gasteiger partial charge is 0.344 e. The van der Waals surface area contributed by atoms with Crippen molar-refractivity contribution >= 4 is 11.5 Å². The Morgan fingerprint density at radius 2 is 2.00 bits per heavy atom. The van der Waals surface area contributed by atoms with Crippen LogP contribution in [0, 0.1) is 0 Å². The van der Waals surface area contributed by atoms with Crippen molar-refractivity contribution in [3.05, 3.63) is 30.3 Å². The van der Waals surface area contributed by atoms with Crippen molar-refractivity contribution in [3.8, 4) is 0 Å². The Hall–Kier alpha value is -1.31. The third-order valence-corrected chi connectivity index (χ3v) is 1.67. The summed E-state index contributed by atoms with van der Waals surface area (Å²) in [4.78, 5) is 4.11. The highest BCUT2D eigenvalue weighted by molar-refractivity contribution is 5.95. The third kappa shape index (κ3) is 2.38. The first-order valence-corrected chi connectivity index (χ1v) is 4.14. The Bertz CT molecular complexity index is 252. The van der Waals surface area contributed by atoms with Crippen molar-refractivity contribution in [2.75, 3.05) is 12.4 Å². The van der Waals surface area contributed by atoms with Gasteiger partial charge in [-0.25, -0.2) is 0 Å². The van der Waals surface area contributed by atoms with Gasteiger partial charge in [0.1, 0.15) is 5.84 Å². The van der Waals surface area contributed by atoms with Crippen LogP contribution in [0.5, 0.6) is 0 Å². The van der Waals surface area contributed by atoms with E-state index in [2.05, 4.69) is 17.2 Å². The normalized spacial score (nSPS) is 11.3. The van der Waals surface area contributed by atoms with Gasteiger partial charge in [-0.3, -0.25) is 4.99 Å². The zero-order valence-corrected chi connectivity index (χ0v) is 7.54. The first-order valence-electron chi connectivity index (χ1n) is 4.14. The van der Waals surface area contributed by atoms with Gasteiger partial charge in [0.2, 0.25) is 0 Å². The molecular weight excluding hydrogens is 148 g/mol. The van der Waals surface area contributed by atoms with Gasteiger partial charge >= 0.3 is 0 Å². The van der Waals surface area contributed by atoms with Crippen LogP contribution in [-0.2, 0) is 0 Å². The summed E-state index contributed by atoms with van der Waals surface area (Å²) in [5, 5.41) is 3.23. The minimum atomic E-state index is 0.936. The van der Waals surface area contributed by atoms with E-state index in [-0.39, 0.29) is 0 Å². The van der Waals surface area contributed by atoms with E-state index in [4.69, 9.17) is 0 Å². The summed E-state index contributed by atoms with van der Waals surface area (Å²) in [5.41, 5.74) is 1.10. The topological polar surface area (TPSA) is 24.4 Å². The number of hydrogen-bond acceptors (Lipinski definition) is 1. The standard InChI is InChI=1S/C10H14N2/c1-3-10(11-2)12-9-7-5-4-6-8-9/h4-8H,3H2,1-2H3,(H,11,12). The molecule has 0 radical (unpaired) electrons. The Morgan fingerprint density at radius 1 is 1.33 bits per heavy atom. The maximum atomic E-state index is 4.11. The fourth-order valence-electron chi connectivity index (χ4n) is 0.991. The average Bonchev–Trinajstić information content (AvgIpc) is 2.16. The predicted octanol–water partition coefficient (Wildman–Crippen LogP) is 2.54. The second kappa shape index (κ2) is 4.54. The van der Waals surface area contributed by atoms with Crippen LogP contribution < -0.4 is 5.32 Å². The number of aliphatic imine (C=N–C) groups is 1. The zero-order valence-electron chi connectivity index (χ0n) is 7.54. The van der Waals surface area contributed by atoms with E-state index in [0.717, 1.165) is 17.9 Å². The molecule has 2 nitrogen and oxygen atoms in total. The number of nitrogens with one attached hydrogen (secondary N) is 1. The summed E-state index contributed by atoms with van der Waals surface area (Å²) in [6, 6.07) is 10.1. The van der Waals surface area contributed by atoms with Crippen LogP contribution in [0.2, 0.25) is 0 Å². The van der Waals surface area contributed by atoms with E-state index in [0.29, 0.717) is 0 Å². The fourth-order valence-corrected chi connectivity index (χ4v) is 0.991. The highest BCUT2D eigenvalue weighted by Gasteiger charge is 1.93. The number of hydrogen-bond donors (Lipinski definition) is 1. The predicted molar refractivity (Wildman–Crippen MR) is 53.7 cm³/mol. The molecule has 1 N–H and O–H groups in total. The Labute approximate surface area is 73.3 Å². The van der Waals surface area contributed by atoms with Gasteiger partial charge in [0.15, 0.2) is 0 Å². The maximum absolute atomic E-state index is 4.11. The minimum Gasteiger partial charge on any atom is -0.344 e. The minimum absolute atomic E-state index is 0.936. The van der Waals surface area contributed by atoms with Crippen molar-refractivity contribution < 1.29 is 0 Å². The van der Waals surface area contributed by atoms with E-state index < -0.39 is 0 Å². The first kappa shape index (κ1) is 8.78. The lowest BCUT2D eigenvalue weighted by atomic mass is 10.3. The monoisotopic (exact) mass is 162 g/mol. The average molecular weight is 162 g/mol. The Kier molecular flexibility index (Phi) is 3.33. The molecule has 0 unspecified atom stereocenters. The molecule has 0 amide bonds. The summed E-state index contributed by atoms with van der Waals surface area (Å²) >= 11 is 0. The van der Waals surface area contributed by atoms with E-state index in [1.165, 1.54) is 0 Å². The molecule has 0 bridgehead atoms. The molecule has 0 saturated heterocycles. The second-order valence-electron chi connectivity index (χ2n) is 2.51. The molecule has 0 fully saturated rings. The lowest BCUT2D eigenvalue weighted by Crippen LogP contribution is -2.09. The lowest BCUT2D eigenvalue weighted by molar-refractivity contribution is 1.23. The number of para-hydroxylation sites is 1. The van der Waals surface area contributed by atoms with E-state index >= 15 is 0 Å². The van der Waals surface area contributed by atoms with Gasteiger partial charge in [0, 0.05) is 19.2 Å². The molecule has 0 aliphatic carbocycles. The number of amidine groups is 1. The molecule has 12 heavy (non-hydrogen) atoms. The first-order chi connectivity index (χ1) is 5.86. The van der Waals surface area contributed by atoms with Crippen LogP contribution in [0.4, 0.5) is 5.69 Å². The van der Waals surface area contributed by atoms with E-state index in [1.807, 2.05) is 30.3 Å². The van der Waals surface area contributed by atoms with Gasteiger partial charge in [0.05, 0.1) is 0 Å². The van der Waals surface area contributed by atoms with Crippen molar-refractivity contribution in [2.45, 2.75) is 13.3 Å². The highest BCUT2D eigenvalue weighted by atomic mass is 15.0. The smallest absolute Gasteiger partial charge is 0.100 e. The van der Waals surface area contributed by atoms with Crippen molar-refractivity contribution in [1.82, 2.24) is 0 Å². The maximum Gasteiger partial charge on any atom is 0.100 e. The van der Waals surface area contributed by atoms with Crippen molar-refractivity contribution in [1.29, 1.82) is 0 Å². The molecule has 0 aromatic heterocycles. The van der Waals surface area contributed by atoms with Crippen LogP contribution in [0.15, 0.2) is 35.3 Å². The Morgan fingerprint density at radius 3 is 2.50 bits per heavy atom. The zero-order chi connectivity index (χ0) is 8.81. The van der Waals surface area contributed by atoms with Gasteiger partial charge in [0.25, 0.3) is 0 Å². The van der Waals surface area contributed by atoms with Crippen LogP contribution in [0.3, 0.4) is 0 Å². The number of rotatable bonds is 2. The SMILES string of the molecule is CCC(=NC)Nc1ccccc1. The molecule has 0 spiro atoms. The Balaban J connectivity index is 2.64. The highest BCUT2D eigenvalue weighted by Crippen LogP contribution is 2.05. The molecule has 1 rings (SSSR count). The molecule has 0 aliphatic heterocycles. The summed E-state index contributed by atoms with van der Waals surface area (Å²) in [6.45, 7) is 2.08. The van der Waals surface area contributed by atoms with Crippen LogP contribution in [0.25, 0.3) is 0 Å². The second-order valence-corrected chi connectivity index (χ2v) is 2.51. The lowest BCUT2D eigenvalue weighted by Gasteiger charge is -2.05. The van der Waals surface area contributed by atoms with Crippen molar-refractivity contribution in [3.63, 3.8) is 0 Å². The summed E-state index contributed by atoms with van der Waals surface area (Å²) in [7, 11) is 1.80. The molecule has 2 heteroatoms. The summed E-state index contributed by atoms with van der Waals surface area (Å²) in [6.07, 6.45) is 0.936. The molecule has 0 saturated carbocycles. The number of benzene rings is 1. The number of anilines is 1. The van der Waals surface area contributed by atoms with Crippen LogP contribution >= 0.6 is 0 Å². The van der Waals surface area contributed by atoms with E-state index in [1.54, 1.807) is 7.05 Å². The summed E-state index contributed by atoms with van der Waals surface area (Å²) < 4.78 is 0. The molecule has 64 valence electrons. The van der Waals surface area contributed by atoms with Gasteiger partial charge in [-0.05, 0) is 12.1 Å². The molecule has 0 atom stereocenters. The van der Waals surface area contributed by atoms with Gasteiger partial charge in [-0.15, -0.1) is 0 Å². The molecule has 1 aromatic rings. The van der Waals surface area contributed by atoms with E-state index in [9.17, 15) is 0 Å². The quantitative estimate of drug-likeness (QED) is 0.524.